The minimum Gasteiger partial charge on any atom is -0.324 e. The Morgan fingerprint density at radius 3 is 2.78 bits per heavy atom. The van der Waals surface area contributed by atoms with Crippen molar-refractivity contribution in [3.63, 3.8) is 0 Å². The van der Waals surface area contributed by atoms with Gasteiger partial charge >= 0.3 is 0 Å². The van der Waals surface area contributed by atoms with E-state index >= 15 is 0 Å². The highest BCUT2D eigenvalue weighted by Crippen LogP contribution is 2.38. The summed E-state index contributed by atoms with van der Waals surface area (Å²) in [6, 6.07) is 6.92. The number of aryl methyl sites for hydroxylation is 2. The standard InChI is InChI=1S/C17H27N/c1-4-14-6-5-7-15(11-14)17(18)16-10-12(2)8-9-13(16)3/h8-10,14-15,17H,4-7,11,18H2,1-3H3. The molecule has 0 saturated heterocycles. The average Bonchev–Trinajstić information content (AvgIpc) is 2.41. The third-order valence-corrected chi connectivity index (χ3v) is 4.70. The molecule has 18 heavy (non-hydrogen) atoms. The Morgan fingerprint density at radius 2 is 2.06 bits per heavy atom. The lowest BCUT2D eigenvalue weighted by atomic mass is 9.75. The van der Waals surface area contributed by atoms with E-state index in [2.05, 4.69) is 39.0 Å². The third-order valence-electron chi connectivity index (χ3n) is 4.70. The number of nitrogens with two attached hydrogens (primary N) is 1. The fraction of sp³-hybridized carbons (Fsp3) is 0.647. The van der Waals surface area contributed by atoms with Crippen molar-refractivity contribution >= 4 is 0 Å². The van der Waals surface area contributed by atoms with Gasteiger partial charge in [0.2, 0.25) is 0 Å². The van der Waals surface area contributed by atoms with E-state index in [1.807, 2.05) is 0 Å². The zero-order valence-electron chi connectivity index (χ0n) is 12.1. The lowest BCUT2D eigenvalue weighted by Gasteiger charge is -2.33. The summed E-state index contributed by atoms with van der Waals surface area (Å²) in [5, 5.41) is 0. The SMILES string of the molecule is CCC1CCCC(C(N)c2cc(C)ccc2C)C1. The molecule has 3 unspecified atom stereocenters. The van der Waals surface area contributed by atoms with Crippen molar-refractivity contribution in [3.05, 3.63) is 34.9 Å². The van der Waals surface area contributed by atoms with Crippen LogP contribution in [0.4, 0.5) is 0 Å². The molecule has 0 amide bonds. The Hall–Kier alpha value is -0.820. The molecule has 1 heteroatoms. The predicted octanol–water partition coefficient (Wildman–Crippen LogP) is 4.52. The molecule has 100 valence electrons. The zero-order chi connectivity index (χ0) is 13.1. The Kier molecular flexibility index (Phi) is 4.45. The molecule has 0 radical (unpaired) electrons. The van der Waals surface area contributed by atoms with Crippen molar-refractivity contribution in [3.8, 4) is 0 Å². The quantitative estimate of drug-likeness (QED) is 0.832. The van der Waals surface area contributed by atoms with Gasteiger partial charge in [-0.2, -0.15) is 0 Å². The number of hydrogen-bond donors (Lipinski definition) is 1. The molecule has 0 aliphatic heterocycles. The van der Waals surface area contributed by atoms with Gasteiger partial charge in [0.25, 0.3) is 0 Å². The smallest absolute Gasteiger partial charge is 0.0326 e. The summed E-state index contributed by atoms with van der Waals surface area (Å²) in [4.78, 5) is 0. The fourth-order valence-electron chi connectivity index (χ4n) is 3.40. The topological polar surface area (TPSA) is 26.0 Å². The number of benzene rings is 1. The second-order valence-corrected chi connectivity index (χ2v) is 6.09. The molecule has 0 bridgehead atoms. The first kappa shape index (κ1) is 13.6. The monoisotopic (exact) mass is 245 g/mol. The molecular weight excluding hydrogens is 218 g/mol. The molecule has 1 saturated carbocycles. The Labute approximate surface area is 112 Å². The van der Waals surface area contributed by atoms with Crippen LogP contribution in [0.15, 0.2) is 18.2 Å². The largest absolute Gasteiger partial charge is 0.324 e. The minimum atomic E-state index is 0.235. The van der Waals surface area contributed by atoms with Crippen molar-refractivity contribution in [1.29, 1.82) is 0 Å². The van der Waals surface area contributed by atoms with Gasteiger partial charge in [-0.25, -0.2) is 0 Å². The molecule has 1 fully saturated rings. The molecule has 0 spiro atoms. The van der Waals surface area contributed by atoms with Crippen molar-refractivity contribution < 1.29 is 0 Å². The van der Waals surface area contributed by atoms with E-state index in [4.69, 9.17) is 5.73 Å². The number of rotatable bonds is 3. The van der Waals surface area contributed by atoms with Gasteiger partial charge in [-0.1, -0.05) is 49.9 Å². The highest BCUT2D eigenvalue weighted by atomic mass is 14.7. The second-order valence-electron chi connectivity index (χ2n) is 6.09. The lowest BCUT2D eigenvalue weighted by molar-refractivity contribution is 0.230. The Bertz CT molecular complexity index is 397. The average molecular weight is 245 g/mol. The summed E-state index contributed by atoms with van der Waals surface area (Å²) in [5.74, 6) is 1.59. The van der Waals surface area contributed by atoms with Crippen LogP contribution < -0.4 is 5.73 Å². The van der Waals surface area contributed by atoms with Crippen LogP contribution in [-0.4, -0.2) is 0 Å². The van der Waals surface area contributed by atoms with Crippen molar-refractivity contribution in [1.82, 2.24) is 0 Å². The van der Waals surface area contributed by atoms with Crippen LogP contribution in [0.2, 0.25) is 0 Å². The van der Waals surface area contributed by atoms with Gasteiger partial charge in [0.05, 0.1) is 0 Å². The first-order valence-electron chi connectivity index (χ1n) is 7.44. The molecule has 1 aromatic carbocycles. The molecule has 1 aliphatic carbocycles. The van der Waals surface area contributed by atoms with Gasteiger partial charge in [0.15, 0.2) is 0 Å². The van der Waals surface area contributed by atoms with Crippen LogP contribution in [0.3, 0.4) is 0 Å². The summed E-state index contributed by atoms with van der Waals surface area (Å²) < 4.78 is 0. The van der Waals surface area contributed by atoms with Gasteiger partial charge in [-0.3, -0.25) is 0 Å². The molecule has 0 aromatic heterocycles. The van der Waals surface area contributed by atoms with E-state index in [9.17, 15) is 0 Å². The maximum absolute atomic E-state index is 6.56. The van der Waals surface area contributed by atoms with E-state index in [0.29, 0.717) is 5.92 Å². The summed E-state index contributed by atoms with van der Waals surface area (Å²) in [6.45, 7) is 6.66. The van der Waals surface area contributed by atoms with Crippen molar-refractivity contribution in [2.75, 3.05) is 0 Å². The molecule has 1 nitrogen and oxygen atoms in total. The zero-order valence-corrected chi connectivity index (χ0v) is 12.1. The van der Waals surface area contributed by atoms with Gasteiger partial charge in [0.1, 0.15) is 0 Å². The summed E-state index contributed by atoms with van der Waals surface area (Å²) >= 11 is 0. The van der Waals surface area contributed by atoms with E-state index in [1.165, 1.54) is 48.8 Å². The molecule has 0 heterocycles. The molecule has 3 atom stereocenters. The first-order valence-corrected chi connectivity index (χ1v) is 7.44. The normalized spacial score (nSPS) is 26.0. The van der Waals surface area contributed by atoms with Crippen LogP contribution >= 0.6 is 0 Å². The Morgan fingerprint density at radius 1 is 1.28 bits per heavy atom. The molecule has 1 aliphatic rings. The van der Waals surface area contributed by atoms with Crippen LogP contribution in [-0.2, 0) is 0 Å². The first-order chi connectivity index (χ1) is 8.61. The van der Waals surface area contributed by atoms with Crippen LogP contribution in [0, 0.1) is 25.7 Å². The van der Waals surface area contributed by atoms with Gasteiger partial charge in [0, 0.05) is 6.04 Å². The van der Waals surface area contributed by atoms with Gasteiger partial charge < -0.3 is 5.73 Å². The van der Waals surface area contributed by atoms with E-state index < -0.39 is 0 Å². The van der Waals surface area contributed by atoms with E-state index in [-0.39, 0.29) is 6.04 Å². The molecule has 2 rings (SSSR count). The molecule has 2 N–H and O–H groups in total. The van der Waals surface area contributed by atoms with E-state index in [0.717, 1.165) is 5.92 Å². The minimum absolute atomic E-state index is 0.235. The second kappa shape index (κ2) is 5.88. The van der Waals surface area contributed by atoms with Crippen LogP contribution in [0.25, 0.3) is 0 Å². The predicted molar refractivity (Wildman–Crippen MR) is 78.6 cm³/mol. The van der Waals surface area contributed by atoms with Gasteiger partial charge in [-0.15, -0.1) is 0 Å². The van der Waals surface area contributed by atoms with Crippen LogP contribution in [0.1, 0.15) is 61.8 Å². The maximum atomic E-state index is 6.56. The van der Waals surface area contributed by atoms with Crippen LogP contribution in [0.5, 0.6) is 0 Å². The lowest BCUT2D eigenvalue weighted by Crippen LogP contribution is -2.27. The third kappa shape index (κ3) is 2.95. The maximum Gasteiger partial charge on any atom is 0.0326 e. The molecular formula is C17H27N. The highest BCUT2D eigenvalue weighted by molar-refractivity contribution is 5.33. The Balaban J connectivity index is 2.14. The van der Waals surface area contributed by atoms with Crippen molar-refractivity contribution in [2.24, 2.45) is 17.6 Å². The van der Waals surface area contributed by atoms with Crippen molar-refractivity contribution in [2.45, 2.75) is 58.9 Å². The molecule has 1 aromatic rings. The van der Waals surface area contributed by atoms with E-state index in [1.54, 1.807) is 0 Å². The summed E-state index contributed by atoms with van der Waals surface area (Å²) in [6.07, 6.45) is 6.72. The van der Waals surface area contributed by atoms with Gasteiger partial charge in [-0.05, 0) is 49.7 Å². The summed E-state index contributed by atoms with van der Waals surface area (Å²) in [7, 11) is 0. The summed E-state index contributed by atoms with van der Waals surface area (Å²) in [5.41, 5.74) is 10.6. The fourth-order valence-corrected chi connectivity index (χ4v) is 3.40. The highest BCUT2D eigenvalue weighted by Gasteiger charge is 2.27. The number of hydrogen-bond acceptors (Lipinski definition) is 1.